The Morgan fingerprint density at radius 3 is 1.00 bits per heavy atom. The van der Waals surface area contributed by atoms with Gasteiger partial charge in [-0.1, -0.05) is 240 Å². The van der Waals surface area contributed by atoms with Crippen LogP contribution in [0.1, 0.15) is 279 Å². The van der Waals surface area contributed by atoms with Gasteiger partial charge in [0.25, 0.3) is 0 Å². The predicted octanol–water partition coefficient (Wildman–Crippen LogP) is 16.1. The van der Waals surface area contributed by atoms with E-state index in [2.05, 4.69) is 34.6 Å². The van der Waals surface area contributed by atoms with Crippen molar-refractivity contribution >= 4 is 17.9 Å². The van der Waals surface area contributed by atoms with Gasteiger partial charge in [0.05, 0.1) is 0 Å². The van der Waals surface area contributed by atoms with Crippen molar-refractivity contribution in [2.75, 3.05) is 13.2 Å². The Kier molecular flexibility index (Phi) is 42.7. The molecule has 0 rings (SSSR count). The molecular weight excluding hydrogens is 709 g/mol. The molecule has 0 aliphatic rings. The molecule has 0 aromatic rings. The molecule has 0 saturated carbocycles. The molecule has 0 radical (unpaired) electrons. The number of rotatable bonds is 45. The van der Waals surface area contributed by atoms with Crippen molar-refractivity contribution in [3.63, 3.8) is 0 Å². The number of hydrogen-bond acceptors (Lipinski definition) is 6. The van der Waals surface area contributed by atoms with Crippen LogP contribution in [0.4, 0.5) is 0 Å². The van der Waals surface area contributed by atoms with Crippen molar-refractivity contribution in [2.45, 2.75) is 285 Å². The lowest BCUT2D eigenvalue weighted by molar-refractivity contribution is -0.167. The lowest BCUT2D eigenvalue weighted by Crippen LogP contribution is -2.30. The minimum atomic E-state index is -0.760. The maximum absolute atomic E-state index is 12.7. The van der Waals surface area contributed by atoms with E-state index in [4.69, 9.17) is 14.2 Å². The van der Waals surface area contributed by atoms with Crippen LogP contribution in [0.3, 0.4) is 0 Å². The van der Waals surface area contributed by atoms with Gasteiger partial charge in [0, 0.05) is 19.3 Å². The van der Waals surface area contributed by atoms with Crippen LogP contribution in [0.15, 0.2) is 0 Å². The van der Waals surface area contributed by atoms with Crippen LogP contribution in [0.2, 0.25) is 0 Å². The minimum absolute atomic E-state index is 0.0642. The third-order valence-electron chi connectivity index (χ3n) is 11.8. The van der Waals surface area contributed by atoms with Crippen LogP contribution in [-0.2, 0) is 28.6 Å². The van der Waals surface area contributed by atoms with Crippen molar-refractivity contribution < 1.29 is 28.6 Å². The van der Waals surface area contributed by atoms with Crippen LogP contribution in [-0.4, -0.2) is 37.2 Å². The molecule has 6 nitrogen and oxygen atoms in total. The smallest absolute Gasteiger partial charge is 0.306 e. The number of carbonyl (C=O) groups excluding carboxylic acids is 3. The molecule has 0 spiro atoms. The Balaban J connectivity index is 4.23. The molecule has 0 heterocycles. The lowest BCUT2D eigenvalue weighted by Gasteiger charge is -2.18. The van der Waals surface area contributed by atoms with E-state index in [-0.39, 0.29) is 31.1 Å². The second-order valence-electron chi connectivity index (χ2n) is 18.2. The van der Waals surface area contributed by atoms with Gasteiger partial charge in [-0.25, -0.2) is 0 Å². The van der Waals surface area contributed by atoms with Crippen LogP contribution in [0.5, 0.6) is 0 Å². The van der Waals surface area contributed by atoms with Crippen LogP contribution in [0, 0.1) is 11.8 Å². The normalized spacial score (nSPS) is 12.5. The van der Waals surface area contributed by atoms with Crippen molar-refractivity contribution in [1.82, 2.24) is 0 Å². The van der Waals surface area contributed by atoms with E-state index in [9.17, 15) is 14.4 Å². The number of ether oxygens (including phenoxy) is 3. The highest BCUT2D eigenvalue weighted by atomic mass is 16.6. The highest BCUT2D eigenvalue weighted by Crippen LogP contribution is 2.18. The third kappa shape index (κ3) is 43.8. The molecule has 0 bridgehead atoms. The monoisotopic (exact) mass is 807 g/mol. The summed E-state index contributed by atoms with van der Waals surface area (Å²) < 4.78 is 16.8. The van der Waals surface area contributed by atoms with E-state index < -0.39 is 6.10 Å². The first-order valence-electron chi connectivity index (χ1n) is 25.3. The molecule has 1 unspecified atom stereocenters. The summed E-state index contributed by atoms with van der Waals surface area (Å²) in [5.74, 6) is 0.843. The van der Waals surface area contributed by atoms with Gasteiger partial charge in [-0.05, 0) is 31.1 Å². The Morgan fingerprint density at radius 1 is 0.368 bits per heavy atom. The van der Waals surface area contributed by atoms with Crippen molar-refractivity contribution in [2.24, 2.45) is 11.8 Å². The van der Waals surface area contributed by atoms with Gasteiger partial charge in [0.1, 0.15) is 13.2 Å². The second-order valence-corrected chi connectivity index (χ2v) is 18.2. The van der Waals surface area contributed by atoms with Crippen LogP contribution >= 0.6 is 0 Å². The van der Waals surface area contributed by atoms with Gasteiger partial charge in [-0.3, -0.25) is 14.4 Å². The van der Waals surface area contributed by atoms with Gasteiger partial charge in [-0.15, -0.1) is 0 Å². The first kappa shape index (κ1) is 55.4. The SMILES string of the molecule is CCCCCCCCCCCC(=O)O[C@H](COC(=O)CCCCCCCCCCCCCCCCCC(C)C)COC(=O)CCCCCCCCCCC(C)CC. The zero-order chi connectivity index (χ0) is 41.9. The maximum atomic E-state index is 12.7. The van der Waals surface area contributed by atoms with E-state index in [0.717, 1.165) is 69.6 Å². The molecule has 2 atom stereocenters. The molecule has 57 heavy (non-hydrogen) atoms. The Morgan fingerprint density at radius 2 is 0.667 bits per heavy atom. The van der Waals surface area contributed by atoms with Gasteiger partial charge in [0.2, 0.25) is 0 Å². The number of unbranched alkanes of at least 4 members (excludes halogenated alkanes) is 29. The molecule has 0 aliphatic heterocycles. The molecular formula is C51H98O6. The molecule has 0 fully saturated rings. The molecule has 6 heteroatoms. The first-order valence-corrected chi connectivity index (χ1v) is 25.3. The highest BCUT2D eigenvalue weighted by Gasteiger charge is 2.19. The minimum Gasteiger partial charge on any atom is -0.462 e. The van der Waals surface area contributed by atoms with Crippen molar-refractivity contribution in [1.29, 1.82) is 0 Å². The maximum Gasteiger partial charge on any atom is 0.306 e. The molecule has 0 aromatic heterocycles. The topological polar surface area (TPSA) is 78.9 Å². The summed E-state index contributed by atoms with van der Waals surface area (Å²) in [5.41, 5.74) is 0. The van der Waals surface area contributed by atoms with E-state index in [1.54, 1.807) is 0 Å². The first-order chi connectivity index (χ1) is 27.8. The fourth-order valence-electron chi connectivity index (χ4n) is 7.60. The molecule has 338 valence electrons. The van der Waals surface area contributed by atoms with E-state index in [1.165, 1.54) is 167 Å². The van der Waals surface area contributed by atoms with Gasteiger partial charge >= 0.3 is 17.9 Å². The summed E-state index contributed by atoms with van der Waals surface area (Å²) in [7, 11) is 0. The molecule has 0 amide bonds. The number of esters is 3. The largest absolute Gasteiger partial charge is 0.462 e. The standard InChI is InChI=1S/C51H98O6/c1-6-8-9-10-11-19-28-33-38-43-51(54)57-48(45-56-50(53)42-37-32-27-23-22-25-30-35-40-47(5)7-2)44-55-49(52)41-36-31-26-21-18-16-14-12-13-15-17-20-24-29-34-39-46(3)4/h46-48H,6-45H2,1-5H3/t47?,48-/m1/s1. The average molecular weight is 807 g/mol. The van der Waals surface area contributed by atoms with Gasteiger partial charge in [-0.2, -0.15) is 0 Å². The molecule has 0 aliphatic carbocycles. The second kappa shape index (κ2) is 44.0. The van der Waals surface area contributed by atoms with Crippen LogP contribution in [0.25, 0.3) is 0 Å². The fourth-order valence-corrected chi connectivity index (χ4v) is 7.60. The van der Waals surface area contributed by atoms with Crippen molar-refractivity contribution in [3.8, 4) is 0 Å². The average Bonchev–Trinajstić information content (AvgIpc) is 3.19. The van der Waals surface area contributed by atoms with E-state index in [1.807, 2.05) is 0 Å². The molecule has 0 aromatic carbocycles. The van der Waals surface area contributed by atoms with Gasteiger partial charge in [0.15, 0.2) is 6.10 Å². The summed E-state index contributed by atoms with van der Waals surface area (Å²) in [6.45, 7) is 11.4. The lowest BCUT2D eigenvalue weighted by atomic mass is 9.99. The fraction of sp³-hybridized carbons (Fsp3) is 0.941. The zero-order valence-electron chi connectivity index (χ0n) is 39.0. The molecule has 0 N–H and O–H groups in total. The Bertz CT molecular complexity index is 872. The number of carbonyl (C=O) groups is 3. The summed E-state index contributed by atoms with van der Waals surface area (Å²) >= 11 is 0. The predicted molar refractivity (Wildman–Crippen MR) is 243 cm³/mol. The summed E-state index contributed by atoms with van der Waals surface area (Å²) in [5, 5.41) is 0. The Labute approximate surface area is 355 Å². The zero-order valence-corrected chi connectivity index (χ0v) is 39.0. The van der Waals surface area contributed by atoms with Crippen molar-refractivity contribution in [3.05, 3.63) is 0 Å². The summed E-state index contributed by atoms with van der Waals surface area (Å²) in [4.78, 5) is 37.8. The quantitative estimate of drug-likeness (QED) is 0.0346. The highest BCUT2D eigenvalue weighted by molar-refractivity contribution is 5.71. The van der Waals surface area contributed by atoms with Crippen LogP contribution < -0.4 is 0 Å². The Hall–Kier alpha value is -1.59. The van der Waals surface area contributed by atoms with E-state index in [0.29, 0.717) is 19.3 Å². The third-order valence-corrected chi connectivity index (χ3v) is 11.8. The molecule has 0 saturated heterocycles. The van der Waals surface area contributed by atoms with E-state index >= 15 is 0 Å². The van der Waals surface area contributed by atoms with Gasteiger partial charge < -0.3 is 14.2 Å². The summed E-state index contributed by atoms with van der Waals surface area (Å²) in [6.07, 6.45) is 43.7. The number of hydrogen-bond donors (Lipinski definition) is 0. The summed E-state index contributed by atoms with van der Waals surface area (Å²) in [6, 6.07) is 0.